The van der Waals surface area contributed by atoms with Crippen LogP contribution in [0.3, 0.4) is 0 Å². The maximum absolute atomic E-state index is 11.5. The second-order valence-corrected chi connectivity index (χ2v) is 4.99. The average Bonchev–Trinajstić information content (AvgIpc) is 3.11. The Morgan fingerprint density at radius 1 is 1.50 bits per heavy atom. The SMILES string of the molecule is Cc1nc2ccc(CCNC(=O)C3CC3)cc2[nH]1. The molecule has 1 saturated carbocycles. The fourth-order valence-electron chi connectivity index (χ4n) is 2.16. The Balaban J connectivity index is 1.61. The number of fused-ring (bicyclic) bond motifs is 1. The van der Waals surface area contributed by atoms with Crippen molar-refractivity contribution in [3.63, 3.8) is 0 Å². The van der Waals surface area contributed by atoms with Crippen LogP contribution < -0.4 is 5.32 Å². The zero-order chi connectivity index (χ0) is 12.5. The van der Waals surface area contributed by atoms with Crippen LogP contribution in [0, 0.1) is 12.8 Å². The molecule has 1 fully saturated rings. The quantitative estimate of drug-likeness (QED) is 0.862. The maximum atomic E-state index is 11.5. The topological polar surface area (TPSA) is 57.8 Å². The van der Waals surface area contributed by atoms with Crippen molar-refractivity contribution >= 4 is 16.9 Å². The Labute approximate surface area is 106 Å². The number of hydrogen-bond donors (Lipinski definition) is 2. The number of nitrogens with one attached hydrogen (secondary N) is 2. The van der Waals surface area contributed by atoms with Crippen LogP contribution in [0.5, 0.6) is 0 Å². The summed E-state index contributed by atoms with van der Waals surface area (Å²) in [5, 5.41) is 2.98. The summed E-state index contributed by atoms with van der Waals surface area (Å²) in [5.41, 5.74) is 3.29. The molecule has 2 aromatic rings. The number of nitrogens with zero attached hydrogens (tertiary/aromatic N) is 1. The fourth-order valence-corrected chi connectivity index (χ4v) is 2.16. The summed E-state index contributed by atoms with van der Waals surface area (Å²) in [4.78, 5) is 19.1. The van der Waals surface area contributed by atoms with Gasteiger partial charge in [0.2, 0.25) is 5.91 Å². The van der Waals surface area contributed by atoms with E-state index in [1.807, 2.05) is 13.0 Å². The first kappa shape index (κ1) is 11.3. The highest BCUT2D eigenvalue weighted by molar-refractivity contribution is 5.80. The molecule has 3 rings (SSSR count). The lowest BCUT2D eigenvalue weighted by molar-refractivity contribution is -0.122. The summed E-state index contributed by atoms with van der Waals surface area (Å²) < 4.78 is 0. The van der Waals surface area contributed by atoms with Gasteiger partial charge in [-0.3, -0.25) is 4.79 Å². The van der Waals surface area contributed by atoms with Gasteiger partial charge in [0.25, 0.3) is 0 Å². The van der Waals surface area contributed by atoms with Crippen molar-refractivity contribution in [1.82, 2.24) is 15.3 Å². The Morgan fingerprint density at radius 3 is 3.11 bits per heavy atom. The van der Waals surface area contributed by atoms with Crippen LogP contribution in [0.1, 0.15) is 24.2 Å². The zero-order valence-corrected chi connectivity index (χ0v) is 10.5. The summed E-state index contributed by atoms with van der Waals surface area (Å²) in [6, 6.07) is 6.21. The minimum absolute atomic E-state index is 0.216. The van der Waals surface area contributed by atoms with Gasteiger partial charge < -0.3 is 10.3 Å². The maximum Gasteiger partial charge on any atom is 0.223 e. The predicted octanol–water partition coefficient (Wildman–Crippen LogP) is 1.94. The minimum Gasteiger partial charge on any atom is -0.356 e. The number of aromatic amines is 1. The molecule has 0 saturated heterocycles. The molecule has 1 heterocycles. The third-order valence-electron chi connectivity index (χ3n) is 3.33. The van der Waals surface area contributed by atoms with E-state index in [4.69, 9.17) is 0 Å². The third-order valence-corrected chi connectivity index (χ3v) is 3.33. The van der Waals surface area contributed by atoms with E-state index in [1.54, 1.807) is 0 Å². The Bertz CT molecular complexity index is 584. The Kier molecular flexibility index (Phi) is 2.78. The lowest BCUT2D eigenvalue weighted by Crippen LogP contribution is -2.26. The Hall–Kier alpha value is -1.84. The van der Waals surface area contributed by atoms with E-state index in [1.165, 1.54) is 5.56 Å². The second kappa shape index (κ2) is 4.44. The molecule has 0 radical (unpaired) electrons. The zero-order valence-electron chi connectivity index (χ0n) is 10.5. The van der Waals surface area contributed by atoms with Gasteiger partial charge in [-0.15, -0.1) is 0 Å². The summed E-state index contributed by atoms with van der Waals surface area (Å²) in [6.07, 6.45) is 2.99. The molecule has 0 unspecified atom stereocenters. The van der Waals surface area contributed by atoms with Crippen molar-refractivity contribution in [3.8, 4) is 0 Å². The smallest absolute Gasteiger partial charge is 0.223 e. The van der Waals surface area contributed by atoms with Crippen molar-refractivity contribution in [2.45, 2.75) is 26.2 Å². The number of aromatic nitrogens is 2. The van der Waals surface area contributed by atoms with Gasteiger partial charge in [0.05, 0.1) is 11.0 Å². The molecule has 2 N–H and O–H groups in total. The van der Waals surface area contributed by atoms with Gasteiger partial charge in [-0.1, -0.05) is 6.07 Å². The van der Waals surface area contributed by atoms with E-state index in [0.717, 1.165) is 36.1 Å². The van der Waals surface area contributed by atoms with Crippen molar-refractivity contribution in [2.24, 2.45) is 5.92 Å². The van der Waals surface area contributed by atoms with Crippen molar-refractivity contribution in [2.75, 3.05) is 6.54 Å². The van der Waals surface area contributed by atoms with Gasteiger partial charge in [-0.05, 0) is 43.9 Å². The molecular weight excluding hydrogens is 226 g/mol. The molecule has 4 heteroatoms. The average molecular weight is 243 g/mol. The number of benzene rings is 1. The number of rotatable bonds is 4. The molecule has 1 aliphatic carbocycles. The number of aryl methyl sites for hydroxylation is 1. The molecule has 1 aromatic carbocycles. The van der Waals surface area contributed by atoms with E-state index in [2.05, 4.69) is 27.4 Å². The second-order valence-electron chi connectivity index (χ2n) is 4.99. The molecule has 0 atom stereocenters. The first-order valence-electron chi connectivity index (χ1n) is 6.45. The fraction of sp³-hybridized carbons (Fsp3) is 0.429. The van der Waals surface area contributed by atoms with Crippen molar-refractivity contribution < 1.29 is 4.79 Å². The number of hydrogen-bond acceptors (Lipinski definition) is 2. The van der Waals surface area contributed by atoms with Gasteiger partial charge in [-0.2, -0.15) is 0 Å². The molecule has 4 nitrogen and oxygen atoms in total. The van der Waals surface area contributed by atoms with Gasteiger partial charge >= 0.3 is 0 Å². The highest BCUT2D eigenvalue weighted by atomic mass is 16.2. The molecule has 1 amide bonds. The van der Waals surface area contributed by atoms with Crippen molar-refractivity contribution in [1.29, 1.82) is 0 Å². The third kappa shape index (κ3) is 2.37. The monoisotopic (exact) mass is 243 g/mol. The van der Waals surface area contributed by atoms with Gasteiger partial charge in [0.1, 0.15) is 5.82 Å². The minimum atomic E-state index is 0.216. The highest BCUT2D eigenvalue weighted by Crippen LogP contribution is 2.28. The van der Waals surface area contributed by atoms with E-state index in [0.29, 0.717) is 12.5 Å². The predicted molar refractivity (Wildman–Crippen MR) is 70.3 cm³/mol. The van der Waals surface area contributed by atoms with Gasteiger partial charge in [0.15, 0.2) is 0 Å². The number of carbonyl (C=O) groups excluding carboxylic acids is 1. The number of amides is 1. The molecule has 0 aliphatic heterocycles. The Morgan fingerprint density at radius 2 is 2.33 bits per heavy atom. The standard InChI is InChI=1S/C14H17N3O/c1-9-16-12-5-2-10(8-13(12)17-9)6-7-15-14(18)11-3-4-11/h2,5,8,11H,3-4,6-7H2,1H3,(H,15,18)(H,16,17). The largest absolute Gasteiger partial charge is 0.356 e. The summed E-state index contributed by atoms with van der Waals surface area (Å²) in [6.45, 7) is 2.67. The normalized spacial score (nSPS) is 14.9. The molecule has 1 aromatic heterocycles. The number of imidazole rings is 1. The first-order valence-corrected chi connectivity index (χ1v) is 6.45. The van der Waals surface area contributed by atoms with Crippen LogP contribution in [0.25, 0.3) is 11.0 Å². The summed E-state index contributed by atoms with van der Waals surface area (Å²) in [5.74, 6) is 1.44. The van der Waals surface area contributed by atoms with E-state index >= 15 is 0 Å². The van der Waals surface area contributed by atoms with Crippen LogP contribution in [-0.4, -0.2) is 22.4 Å². The van der Waals surface area contributed by atoms with E-state index in [-0.39, 0.29) is 5.91 Å². The van der Waals surface area contributed by atoms with Crippen molar-refractivity contribution in [3.05, 3.63) is 29.6 Å². The summed E-state index contributed by atoms with van der Waals surface area (Å²) in [7, 11) is 0. The summed E-state index contributed by atoms with van der Waals surface area (Å²) >= 11 is 0. The molecule has 0 bridgehead atoms. The van der Waals surface area contributed by atoms with Gasteiger partial charge in [0, 0.05) is 12.5 Å². The molecule has 94 valence electrons. The number of carbonyl (C=O) groups is 1. The molecule has 0 spiro atoms. The van der Waals surface area contributed by atoms with Crippen LogP contribution in [0.15, 0.2) is 18.2 Å². The van der Waals surface area contributed by atoms with Gasteiger partial charge in [-0.25, -0.2) is 4.98 Å². The lowest BCUT2D eigenvalue weighted by atomic mass is 10.1. The van der Waals surface area contributed by atoms with E-state index in [9.17, 15) is 4.79 Å². The van der Waals surface area contributed by atoms with Crippen LogP contribution in [-0.2, 0) is 11.2 Å². The highest BCUT2D eigenvalue weighted by Gasteiger charge is 2.28. The van der Waals surface area contributed by atoms with Crippen LogP contribution in [0.4, 0.5) is 0 Å². The number of H-pyrrole nitrogens is 1. The lowest BCUT2D eigenvalue weighted by Gasteiger charge is -2.04. The first-order chi connectivity index (χ1) is 8.72. The molecular formula is C14H17N3O. The molecule has 1 aliphatic rings. The molecule has 18 heavy (non-hydrogen) atoms. The van der Waals surface area contributed by atoms with Crippen LogP contribution in [0.2, 0.25) is 0 Å². The van der Waals surface area contributed by atoms with E-state index < -0.39 is 0 Å². The van der Waals surface area contributed by atoms with Crippen LogP contribution >= 0.6 is 0 Å².